The quantitative estimate of drug-likeness (QED) is 0.791. The van der Waals surface area contributed by atoms with Gasteiger partial charge in [-0.05, 0) is 56.4 Å². The van der Waals surface area contributed by atoms with Gasteiger partial charge in [0.1, 0.15) is 23.1 Å². The third-order valence-electron chi connectivity index (χ3n) is 5.88. The number of aromatic nitrogens is 1. The summed E-state index contributed by atoms with van der Waals surface area (Å²) in [5.41, 5.74) is 2.93. The highest BCUT2D eigenvalue weighted by atomic mass is 16.5. The number of nitrogens with zero attached hydrogens (tertiary/aromatic N) is 2. The molecule has 7 heteroatoms. The second-order valence-electron chi connectivity index (χ2n) is 7.52. The number of hydrogen-bond acceptors (Lipinski definition) is 5. The lowest BCUT2D eigenvalue weighted by molar-refractivity contribution is -0.132. The van der Waals surface area contributed by atoms with Gasteiger partial charge in [-0.25, -0.2) is 0 Å². The van der Waals surface area contributed by atoms with E-state index >= 15 is 0 Å². The Balaban J connectivity index is 1.80. The normalized spacial score (nSPS) is 15.7. The van der Waals surface area contributed by atoms with Crippen LogP contribution in [0.1, 0.15) is 53.3 Å². The Morgan fingerprint density at radius 1 is 1.30 bits per heavy atom. The van der Waals surface area contributed by atoms with E-state index in [1.54, 1.807) is 28.1 Å². The van der Waals surface area contributed by atoms with Crippen molar-refractivity contribution in [1.29, 1.82) is 5.26 Å². The molecule has 0 saturated carbocycles. The fourth-order valence-corrected chi connectivity index (χ4v) is 4.28. The molecule has 2 heterocycles. The fraction of sp³-hybridized carbons (Fsp3) is 0.435. The molecule has 0 bridgehead atoms. The number of methoxy groups -OCH3 is 2. The third-order valence-corrected chi connectivity index (χ3v) is 5.88. The summed E-state index contributed by atoms with van der Waals surface area (Å²) in [6.07, 6.45) is 2.60. The monoisotopic (exact) mass is 409 g/mol. The van der Waals surface area contributed by atoms with Gasteiger partial charge in [-0.15, -0.1) is 0 Å². The van der Waals surface area contributed by atoms with Crippen molar-refractivity contribution in [2.24, 2.45) is 0 Å². The summed E-state index contributed by atoms with van der Waals surface area (Å²) in [6, 6.07) is 7.61. The van der Waals surface area contributed by atoms with Crippen LogP contribution in [-0.2, 0) is 11.2 Å². The van der Waals surface area contributed by atoms with Crippen LogP contribution in [0.25, 0.3) is 0 Å². The van der Waals surface area contributed by atoms with Gasteiger partial charge in [0.2, 0.25) is 5.91 Å². The highest BCUT2D eigenvalue weighted by Crippen LogP contribution is 2.39. The van der Waals surface area contributed by atoms with E-state index in [-0.39, 0.29) is 23.1 Å². The van der Waals surface area contributed by atoms with Crippen LogP contribution >= 0.6 is 0 Å². The van der Waals surface area contributed by atoms with E-state index in [0.29, 0.717) is 42.1 Å². The van der Waals surface area contributed by atoms with Gasteiger partial charge < -0.3 is 19.4 Å². The third kappa shape index (κ3) is 4.04. The second kappa shape index (κ2) is 9.04. The highest BCUT2D eigenvalue weighted by Gasteiger charge is 2.32. The van der Waals surface area contributed by atoms with Gasteiger partial charge in [0.25, 0.3) is 5.56 Å². The van der Waals surface area contributed by atoms with Crippen molar-refractivity contribution in [2.75, 3.05) is 20.8 Å². The smallest absolute Gasteiger partial charge is 0.266 e. The summed E-state index contributed by atoms with van der Waals surface area (Å²) in [6.45, 7) is 4.27. The average Bonchev–Trinajstić information content (AvgIpc) is 3.22. The van der Waals surface area contributed by atoms with E-state index in [1.807, 2.05) is 29.2 Å². The summed E-state index contributed by atoms with van der Waals surface area (Å²) in [5.74, 6) is 1.48. The number of likely N-dealkylation sites (tertiary alicyclic amines) is 1. The van der Waals surface area contributed by atoms with Crippen LogP contribution in [0, 0.1) is 25.2 Å². The minimum atomic E-state index is -0.381. The van der Waals surface area contributed by atoms with Gasteiger partial charge in [-0.3, -0.25) is 9.59 Å². The molecule has 1 aliphatic heterocycles. The molecule has 1 aromatic heterocycles. The van der Waals surface area contributed by atoms with Crippen LogP contribution in [0.3, 0.4) is 0 Å². The number of rotatable bonds is 6. The molecule has 1 fully saturated rings. The Labute approximate surface area is 176 Å². The molecule has 1 atom stereocenters. The molecular formula is C23H27N3O4. The molecule has 7 nitrogen and oxygen atoms in total. The molecule has 158 valence electrons. The summed E-state index contributed by atoms with van der Waals surface area (Å²) in [5, 5.41) is 9.25. The zero-order chi connectivity index (χ0) is 21.8. The first-order valence-corrected chi connectivity index (χ1v) is 10.0. The molecule has 1 aromatic carbocycles. The number of amides is 1. The van der Waals surface area contributed by atoms with Gasteiger partial charge in [-0.2, -0.15) is 5.26 Å². The molecule has 0 unspecified atom stereocenters. The Morgan fingerprint density at radius 3 is 2.73 bits per heavy atom. The lowest BCUT2D eigenvalue weighted by atomic mass is 9.98. The predicted octanol–water partition coefficient (Wildman–Crippen LogP) is 3.18. The zero-order valence-corrected chi connectivity index (χ0v) is 17.9. The molecule has 0 spiro atoms. The van der Waals surface area contributed by atoms with E-state index < -0.39 is 0 Å². The summed E-state index contributed by atoms with van der Waals surface area (Å²) >= 11 is 0. The van der Waals surface area contributed by atoms with E-state index in [9.17, 15) is 14.9 Å². The van der Waals surface area contributed by atoms with Gasteiger partial charge >= 0.3 is 0 Å². The maximum absolute atomic E-state index is 13.1. The highest BCUT2D eigenvalue weighted by molar-refractivity contribution is 5.77. The summed E-state index contributed by atoms with van der Waals surface area (Å²) < 4.78 is 10.8. The van der Waals surface area contributed by atoms with Crippen LogP contribution in [-0.4, -0.2) is 36.6 Å². The summed E-state index contributed by atoms with van der Waals surface area (Å²) in [7, 11) is 3.23. The van der Waals surface area contributed by atoms with Gasteiger partial charge in [0, 0.05) is 30.3 Å². The number of aromatic amines is 1. The number of H-pyrrole nitrogens is 1. The standard InChI is InChI=1S/C23H27N3O4/c1-14-17(15(2)25-23(28)19(14)13-24)9-10-22(27)26-11-5-6-20(26)18-8-7-16(29-3)12-21(18)30-4/h7-8,12,20H,5-6,9-11H2,1-4H3,(H,25,28)/t20-/m0/s1. The molecule has 3 rings (SSSR count). The van der Waals surface area contributed by atoms with Crippen LogP contribution in [0.4, 0.5) is 0 Å². The number of aryl methyl sites for hydroxylation is 1. The number of carbonyl (C=O) groups excluding carboxylic acids is 1. The van der Waals surface area contributed by atoms with Gasteiger partial charge in [-0.1, -0.05) is 0 Å². The van der Waals surface area contributed by atoms with Crippen molar-refractivity contribution in [3.8, 4) is 17.6 Å². The second-order valence-corrected chi connectivity index (χ2v) is 7.52. The lowest BCUT2D eigenvalue weighted by Gasteiger charge is -2.27. The average molecular weight is 409 g/mol. The van der Waals surface area contributed by atoms with Crippen molar-refractivity contribution in [1.82, 2.24) is 9.88 Å². The summed E-state index contributed by atoms with van der Waals surface area (Å²) in [4.78, 5) is 29.6. The molecule has 1 amide bonds. The number of benzene rings is 1. The maximum atomic E-state index is 13.1. The molecule has 2 aromatic rings. The molecule has 1 aliphatic rings. The number of nitriles is 1. The number of nitrogens with one attached hydrogen (secondary N) is 1. The van der Waals surface area contributed by atoms with E-state index in [1.165, 1.54) is 0 Å². The molecule has 30 heavy (non-hydrogen) atoms. The van der Waals surface area contributed by atoms with Crippen molar-refractivity contribution >= 4 is 5.91 Å². The lowest BCUT2D eigenvalue weighted by Crippen LogP contribution is -2.31. The van der Waals surface area contributed by atoms with Crippen LogP contribution in [0.15, 0.2) is 23.0 Å². The molecule has 1 N–H and O–H groups in total. The van der Waals surface area contributed by atoms with Crippen LogP contribution < -0.4 is 15.0 Å². The van der Waals surface area contributed by atoms with E-state index in [0.717, 1.165) is 24.0 Å². The first-order valence-electron chi connectivity index (χ1n) is 10.0. The van der Waals surface area contributed by atoms with Crippen molar-refractivity contribution in [2.45, 2.75) is 45.6 Å². The van der Waals surface area contributed by atoms with E-state index in [2.05, 4.69) is 4.98 Å². The van der Waals surface area contributed by atoms with Crippen LogP contribution in [0.2, 0.25) is 0 Å². The van der Waals surface area contributed by atoms with Crippen molar-refractivity contribution in [3.63, 3.8) is 0 Å². The minimum absolute atomic E-state index is 0.0363. The SMILES string of the molecule is COc1ccc([C@@H]2CCCN2C(=O)CCc2c(C)[nH]c(=O)c(C#N)c2C)c(OC)c1. The zero-order valence-electron chi connectivity index (χ0n) is 17.9. The Bertz CT molecular complexity index is 1050. The van der Waals surface area contributed by atoms with Crippen molar-refractivity contribution in [3.05, 3.63) is 56.5 Å². The molecule has 1 saturated heterocycles. The van der Waals surface area contributed by atoms with Crippen LogP contribution in [0.5, 0.6) is 11.5 Å². The molecule has 0 radical (unpaired) electrons. The number of pyridine rings is 1. The number of carbonyl (C=O) groups is 1. The Kier molecular flexibility index (Phi) is 6.46. The van der Waals surface area contributed by atoms with Crippen molar-refractivity contribution < 1.29 is 14.3 Å². The molecular weight excluding hydrogens is 382 g/mol. The first kappa shape index (κ1) is 21.4. The number of ether oxygens (including phenoxy) is 2. The molecule has 0 aliphatic carbocycles. The Morgan fingerprint density at radius 2 is 2.07 bits per heavy atom. The van der Waals surface area contributed by atoms with Gasteiger partial charge in [0.15, 0.2) is 0 Å². The Hall–Kier alpha value is -3.27. The fourth-order valence-electron chi connectivity index (χ4n) is 4.28. The topological polar surface area (TPSA) is 95.4 Å². The largest absolute Gasteiger partial charge is 0.497 e. The minimum Gasteiger partial charge on any atom is -0.497 e. The number of hydrogen-bond donors (Lipinski definition) is 1. The first-order chi connectivity index (χ1) is 14.4. The van der Waals surface area contributed by atoms with E-state index in [4.69, 9.17) is 9.47 Å². The predicted molar refractivity (Wildman–Crippen MR) is 113 cm³/mol. The van der Waals surface area contributed by atoms with Gasteiger partial charge in [0.05, 0.1) is 20.3 Å². The maximum Gasteiger partial charge on any atom is 0.266 e.